The van der Waals surface area contributed by atoms with Crippen molar-refractivity contribution in [3.8, 4) is 16.8 Å². The molecule has 6 aromatic carbocycles. The smallest absolute Gasteiger partial charge is 0.159 e. The Balaban J connectivity index is 1.09. The first-order valence-electron chi connectivity index (χ1n) is 17.2. The van der Waals surface area contributed by atoms with Crippen molar-refractivity contribution in [1.82, 2.24) is 9.88 Å². The average Bonchev–Trinajstić information content (AvgIpc) is 3.73. The van der Waals surface area contributed by atoms with Crippen LogP contribution in [0.3, 0.4) is 0 Å². The van der Waals surface area contributed by atoms with E-state index in [2.05, 4.69) is 149 Å². The summed E-state index contributed by atoms with van der Waals surface area (Å²) in [5.74, 6) is 1.53. The Morgan fingerprint density at radius 3 is 2.16 bits per heavy atom. The lowest BCUT2D eigenvalue weighted by Gasteiger charge is -2.24. The molecule has 2 aliphatic rings. The van der Waals surface area contributed by atoms with Crippen molar-refractivity contribution < 1.29 is 4.42 Å². The van der Waals surface area contributed by atoms with Crippen molar-refractivity contribution in [3.63, 3.8) is 0 Å². The lowest BCUT2D eigenvalue weighted by molar-refractivity contribution is 0.667. The molecule has 1 aliphatic carbocycles. The Morgan fingerprint density at radius 1 is 0.600 bits per heavy atom. The van der Waals surface area contributed by atoms with Crippen molar-refractivity contribution in [2.24, 2.45) is 9.98 Å². The maximum atomic E-state index is 6.64. The lowest BCUT2D eigenvalue weighted by Crippen LogP contribution is -2.34. The van der Waals surface area contributed by atoms with Gasteiger partial charge in [0.2, 0.25) is 0 Å². The van der Waals surface area contributed by atoms with Crippen molar-refractivity contribution in [3.05, 3.63) is 174 Å². The van der Waals surface area contributed by atoms with Crippen LogP contribution in [-0.2, 0) is 0 Å². The Labute approximate surface area is 289 Å². The molecule has 10 rings (SSSR count). The summed E-state index contributed by atoms with van der Waals surface area (Å²) in [5.41, 5.74) is 10.6. The van der Waals surface area contributed by atoms with E-state index in [4.69, 9.17) is 14.4 Å². The molecule has 3 heterocycles. The molecule has 1 N–H and O–H groups in total. The molecule has 2 aromatic heterocycles. The molecule has 5 nitrogen and oxygen atoms in total. The third-order valence-electron chi connectivity index (χ3n) is 9.88. The second-order valence-electron chi connectivity index (χ2n) is 13.0. The molecule has 0 saturated heterocycles. The lowest BCUT2D eigenvalue weighted by atomic mass is 10.0. The van der Waals surface area contributed by atoms with E-state index in [0.29, 0.717) is 5.84 Å². The first kappa shape index (κ1) is 28.5. The Morgan fingerprint density at radius 2 is 1.32 bits per heavy atom. The van der Waals surface area contributed by atoms with Crippen LogP contribution < -0.4 is 5.32 Å². The number of allylic oxidation sites excluding steroid dienone is 2. The van der Waals surface area contributed by atoms with Gasteiger partial charge in [0.15, 0.2) is 5.84 Å². The maximum absolute atomic E-state index is 6.64. The van der Waals surface area contributed by atoms with E-state index in [1.54, 1.807) is 0 Å². The van der Waals surface area contributed by atoms with Gasteiger partial charge < -0.3 is 14.3 Å². The Hall–Kier alpha value is -6.46. The number of hydrogen-bond donors (Lipinski definition) is 1. The molecule has 0 fully saturated rings. The normalized spacial score (nSPS) is 16.1. The second-order valence-corrected chi connectivity index (χ2v) is 13.0. The van der Waals surface area contributed by atoms with Crippen LogP contribution in [0.5, 0.6) is 0 Å². The SMILES string of the molecule is C1=CC(C2=NC(c3ccc4c(c3)oc3cc(-n5c6ccccc6c6ccc(-c7ccccc7)cc65)ccc34)=NC(c3ccccc3)N2)=CCC1. The van der Waals surface area contributed by atoms with Crippen LogP contribution >= 0.6 is 0 Å². The molecule has 1 aliphatic heterocycles. The number of rotatable bonds is 5. The molecule has 50 heavy (non-hydrogen) atoms. The largest absolute Gasteiger partial charge is 0.456 e. The fraction of sp³-hybridized carbons (Fsp3) is 0.0667. The topological polar surface area (TPSA) is 54.8 Å². The zero-order valence-electron chi connectivity index (χ0n) is 27.3. The van der Waals surface area contributed by atoms with Crippen molar-refractivity contribution in [2.75, 3.05) is 0 Å². The van der Waals surface area contributed by atoms with Crippen LogP contribution in [0, 0.1) is 0 Å². The van der Waals surface area contributed by atoms with E-state index in [1.165, 1.54) is 32.9 Å². The van der Waals surface area contributed by atoms with Gasteiger partial charge in [-0.3, -0.25) is 0 Å². The molecule has 0 spiro atoms. The number of fused-ring (bicyclic) bond motifs is 6. The van der Waals surface area contributed by atoms with Gasteiger partial charge >= 0.3 is 0 Å². The molecule has 8 aromatic rings. The van der Waals surface area contributed by atoms with Gasteiger partial charge in [0, 0.05) is 44.4 Å². The number of nitrogens with one attached hydrogen (secondary N) is 1. The molecule has 1 atom stereocenters. The highest BCUT2D eigenvalue weighted by Gasteiger charge is 2.23. The highest BCUT2D eigenvalue weighted by molar-refractivity contribution is 6.16. The molecular weight excluding hydrogens is 613 g/mol. The zero-order chi connectivity index (χ0) is 33.0. The zero-order valence-corrected chi connectivity index (χ0v) is 27.3. The van der Waals surface area contributed by atoms with Gasteiger partial charge in [-0.2, -0.15) is 0 Å². The van der Waals surface area contributed by atoms with Crippen LogP contribution in [0.2, 0.25) is 0 Å². The Kier molecular flexibility index (Phi) is 6.62. The summed E-state index contributed by atoms with van der Waals surface area (Å²) in [6.45, 7) is 0. The molecular formula is C45H32N4O. The molecule has 0 bridgehead atoms. The second kappa shape index (κ2) is 11.6. The van der Waals surface area contributed by atoms with Gasteiger partial charge in [-0.1, -0.05) is 115 Å². The third kappa shape index (κ3) is 4.78. The number of para-hydroxylation sites is 1. The summed E-state index contributed by atoms with van der Waals surface area (Å²) in [6, 6.07) is 49.2. The third-order valence-corrected chi connectivity index (χ3v) is 9.88. The summed E-state index contributed by atoms with van der Waals surface area (Å²) < 4.78 is 8.99. The van der Waals surface area contributed by atoms with E-state index in [0.717, 1.165) is 63.0 Å². The van der Waals surface area contributed by atoms with E-state index in [9.17, 15) is 0 Å². The van der Waals surface area contributed by atoms with Gasteiger partial charge in [-0.25, -0.2) is 9.98 Å². The van der Waals surface area contributed by atoms with Gasteiger partial charge in [0.05, 0.1) is 11.0 Å². The minimum absolute atomic E-state index is 0.238. The number of aromatic nitrogens is 1. The van der Waals surface area contributed by atoms with Crippen LogP contribution in [-0.4, -0.2) is 16.2 Å². The summed E-state index contributed by atoms with van der Waals surface area (Å²) in [5, 5.41) is 8.18. The quantitative estimate of drug-likeness (QED) is 0.203. The number of amidine groups is 2. The fourth-order valence-corrected chi connectivity index (χ4v) is 7.42. The summed E-state index contributed by atoms with van der Waals surface area (Å²) in [4.78, 5) is 10.1. The van der Waals surface area contributed by atoms with Gasteiger partial charge in [-0.05, 0) is 65.9 Å². The number of aliphatic imine (C=N–C) groups is 2. The van der Waals surface area contributed by atoms with Crippen molar-refractivity contribution in [2.45, 2.75) is 19.0 Å². The molecule has 0 amide bonds. The van der Waals surface area contributed by atoms with Crippen molar-refractivity contribution >= 4 is 55.4 Å². The van der Waals surface area contributed by atoms with Gasteiger partial charge in [0.1, 0.15) is 23.2 Å². The first-order valence-corrected chi connectivity index (χ1v) is 17.2. The Bertz CT molecular complexity index is 2730. The summed E-state index contributed by atoms with van der Waals surface area (Å²) in [6.07, 6.45) is 8.42. The number of hydrogen-bond acceptors (Lipinski definition) is 4. The predicted molar refractivity (Wildman–Crippen MR) is 206 cm³/mol. The van der Waals surface area contributed by atoms with E-state index in [-0.39, 0.29) is 6.17 Å². The van der Waals surface area contributed by atoms with Crippen LogP contribution in [0.25, 0.3) is 60.6 Å². The standard InChI is InChI=1S/C45H32N4O/c1-4-12-29(13-5-1)32-20-23-36-35-18-10-11-19-39(35)49(40(36)26-32)34-22-25-38-37-24-21-33(27-41(37)50-42(38)28-34)45-47-43(30-14-6-2-7-15-30)46-44(48-45)31-16-8-3-9-17-31/h1-2,4-8,10-28,43H,3,9H2,(H,46,47,48). The molecule has 0 radical (unpaired) electrons. The minimum atomic E-state index is -0.238. The van der Waals surface area contributed by atoms with Gasteiger partial charge in [0.25, 0.3) is 0 Å². The number of furan rings is 1. The van der Waals surface area contributed by atoms with Crippen LogP contribution in [0.4, 0.5) is 0 Å². The minimum Gasteiger partial charge on any atom is -0.456 e. The fourth-order valence-electron chi connectivity index (χ4n) is 7.42. The predicted octanol–water partition coefficient (Wildman–Crippen LogP) is 11.1. The van der Waals surface area contributed by atoms with E-state index >= 15 is 0 Å². The highest BCUT2D eigenvalue weighted by Crippen LogP contribution is 2.37. The van der Waals surface area contributed by atoms with Crippen LogP contribution in [0.15, 0.2) is 178 Å². The molecule has 238 valence electrons. The summed E-state index contributed by atoms with van der Waals surface area (Å²) >= 11 is 0. The molecule has 5 heteroatoms. The van der Waals surface area contributed by atoms with Crippen molar-refractivity contribution in [1.29, 1.82) is 0 Å². The highest BCUT2D eigenvalue weighted by atomic mass is 16.3. The van der Waals surface area contributed by atoms with E-state index in [1.807, 2.05) is 18.2 Å². The number of nitrogens with zero attached hydrogens (tertiary/aromatic N) is 3. The summed E-state index contributed by atoms with van der Waals surface area (Å²) in [7, 11) is 0. The van der Waals surface area contributed by atoms with E-state index < -0.39 is 0 Å². The van der Waals surface area contributed by atoms with Gasteiger partial charge in [-0.15, -0.1) is 0 Å². The maximum Gasteiger partial charge on any atom is 0.159 e. The molecule has 1 unspecified atom stereocenters. The first-order chi connectivity index (χ1) is 24.8. The average molecular weight is 645 g/mol. The molecule has 0 saturated carbocycles. The monoisotopic (exact) mass is 644 g/mol. The van der Waals surface area contributed by atoms with Crippen LogP contribution in [0.1, 0.15) is 30.1 Å². The number of benzene rings is 6.